The Hall–Kier alpha value is -1.29. The highest BCUT2D eigenvalue weighted by molar-refractivity contribution is 7.09. The second-order valence-electron chi connectivity index (χ2n) is 2.35. The Morgan fingerprint density at radius 1 is 1.42 bits per heavy atom. The smallest absolute Gasteiger partial charge is 0.113 e. The maximum absolute atomic E-state index is 4.16. The monoisotopic (exact) mass is 179 g/mol. The van der Waals surface area contributed by atoms with Crippen molar-refractivity contribution in [3.8, 4) is 0 Å². The van der Waals surface area contributed by atoms with Crippen LogP contribution in [0.5, 0.6) is 0 Å². The molecule has 0 fully saturated rings. The van der Waals surface area contributed by atoms with Gasteiger partial charge in [0, 0.05) is 24.0 Å². The van der Waals surface area contributed by atoms with Gasteiger partial charge < -0.3 is 5.43 Å². The third kappa shape index (κ3) is 1.65. The zero-order valence-electron chi connectivity index (χ0n) is 6.47. The Balaban J connectivity index is 1.91. The van der Waals surface area contributed by atoms with Crippen molar-refractivity contribution in [3.05, 3.63) is 41.1 Å². The van der Waals surface area contributed by atoms with Gasteiger partial charge in [0.15, 0.2) is 0 Å². The van der Waals surface area contributed by atoms with Gasteiger partial charge in [-0.2, -0.15) is 0 Å². The van der Waals surface area contributed by atoms with Crippen LogP contribution in [0.4, 0.5) is 0 Å². The predicted octanol–water partition coefficient (Wildman–Crippen LogP) is 1.69. The first-order valence-electron chi connectivity index (χ1n) is 3.70. The van der Waals surface area contributed by atoms with E-state index in [-0.39, 0.29) is 0 Å². The third-order valence-electron chi connectivity index (χ3n) is 1.50. The van der Waals surface area contributed by atoms with Gasteiger partial charge in [-0.1, -0.05) is 0 Å². The lowest BCUT2D eigenvalue weighted by Crippen LogP contribution is -2.11. The normalized spacial score (nSPS) is 10.0. The minimum absolute atomic E-state index is 0.784. The Morgan fingerprint density at radius 2 is 2.25 bits per heavy atom. The fourth-order valence-corrected chi connectivity index (χ4v) is 1.49. The van der Waals surface area contributed by atoms with Crippen molar-refractivity contribution >= 4 is 11.3 Å². The SMILES string of the molecule is c1ccn(NCc2nccs2)c1. The molecule has 0 aliphatic carbocycles. The fourth-order valence-electron chi connectivity index (χ4n) is 0.939. The van der Waals surface area contributed by atoms with E-state index in [0.717, 1.165) is 11.6 Å². The van der Waals surface area contributed by atoms with Gasteiger partial charge in [-0.3, -0.25) is 4.68 Å². The molecule has 0 saturated carbocycles. The van der Waals surface area contributed by atoms with Crippen LogP contribution in [0.25, 0.3) is 0 Å². The number of rotatable bonds is 3. The molecule has 2 aromatic rings. The van der Waals surface area contributed by atoms with E-state index in [1.807, 2.05) is 40.8 Å². The number of nitrogens with one attached hydrogen (secondary N) is 1. The topological polar surface area (TPSA) is 29.9 Å². The summed E-state index contributed by atoms with van der Waals surface area (Å²) in [7, 11) is 0. The first kappa shape index (κ1) is 7.36. The third-order valence-corrected chi connectivity index (χ3v) is 2.28. The van der Waals surface area contributed by atoms with Crippen molar-refractivity contribution in [1.29, 1.82) is 0 Å². The summed E-state index contributed by atoms with van der Waals surface area (Å²) < 4.78 is 1.92. The average Bonchev–Trinajstić information content (AvgIpc) is 2.74. The fraction of sp³-hybridized carbons (Fsp3) is 0.125. The van der Waals surface area contributed by atoms with E-state index < -0.39 is 0 Å². The number of hydrogen-bond donors (Lipinski definition) is 1. The maximum atomic E-state index is 4.16. The van der Waals surface area contributed by atoms with Crippen molar-refractivity contribution in [2.75, 3.05) is 5.43 Å². The Morgan fingerprint density at radius 3 is 2.92 bits per heavy atom. The van der Waals surface area contributed by atoms with Crippen LogP contribution in [0, 0.1) is 0 Å². The molecule has 0 radical (unpaired) electrons. The van der Waals surface area contributed by atoms with Gasteiger partial charge in [0.25, 0.3) is 0 Å². The van der Waals surface area contributed by atoms with Gasteiger partial charge in [0.2, 0.25) is 0 Å². The molecule has 0 saturated heterocycles. The van der Waals surface area contributed by atoms with Crippen LogP contribution in [0.1, 0.15) is 5.01 Å². The summed E-state index contributed by atoms with van der Waals surface area (Å²) in [6.45, 7) is 0.784. The number of thiazole rings is 1. The molecule has 0 amide bonds. The quantitative estimate of drug-likeness (QED) is 0.777. The molecule has 2 aromatic heterocycles. The van der Waals surface area contributed by atoms with Gasteiger partial charge in [0.1, 0.15) is 5.01 Å². The van der Waals surface area contributed by atoms with Crippen LogP contribution in [0.15, 0.2) is 36.1 Å². The standard InChI is InChI=1S/C8H9N3S/c1-2-5-11(4-1)10-7-8-9-3-6-12-8/h1-6,10H,7H2. The molecule has 2 rings (SSSR count). The molecule has 2 heterocycles. The number of nitrogens with zero attached hydrogens (tertiary/aromatic N) is 2. The molecular weight excluding hydrogens is 170 g/mol. The molecule has 0 aromatic carbocycles. The van der Waals surface area contributed by atoms with Gasteiger partial charge in [-0.25, -0.2) is 4.98 Å². The lowest BCUT2D eigenvalue weighted by atomic mass is 10.7. The summed E-state index contributed by atoms with van der Waals surface area (Å²) in [6.07, 6.45) is 5.75. The molecule has 12 heavy (non-hydrogen) atoms. The molecule has 0 atom stereocenters. The van der Waals surface area contributed by atoms with Crippen LogP contribution in [-0.2, 0) is 6.54 Å². The summed E-state index contributed by atoms with van der Waals surface area (Å²) in [5.41, 5.74) is 3.19. The van der Waals surface area contributed by atoms with Crippen LogP contribution < -0.4 is 5.43 Å². The lowest BCUT2D eigenvalue weighted by Gasteiger charge is -2.03. The Bertz CT molecular complexity index is 278. The Labute approximate surface area is 74.7 Å². The second kappa shape index (κ2) is 3.40. The largest absolute Gasteiger partial charge is 0.320 e. The average molecular weight is 179 g/mol. The molecule has 1 N–H and O–H groups in total. The summed E-state index contributed by atoms with van der Waals surface area (Å²) >= 11 is 1.66. The summed E-state index contributed by atoms with van der Waals surface area (Å²) in [6, 6.07) is 3.96. The molecule has 0 aliphatic heterocycles. The minimum Gasteiger partial charge on any atom is -0.320 e. The first-order valence-corrected chi connectivity index (χ1v) is 4.58. The van der Waals surface area contributed by atoms with Gasteiger partial charge >= 0.3 is 0 Å². The Kier molecular flexibility index (Phi) is 2.09. The highest BCUT2D eigenvalue weighted by Crippen LogP contribution is 2.03. The maximum Gasteiger partial charge on any atom is 0.113 e. The molecule has 0 unspecified atom stereocenters. The van der Waals surface area contributed by atoms with Crippen LogP contribution >= 0.6 is 11.3 Å². The highest BCUT2D eigenvalue weighted by atomic mass is 32.1. The lowest BCUT2D eigenvalue weighted by molar-refractivity contribution is 0.842. The number of aromatic nitrogens is 2. The van der Waals surface area contributed by atoms with Crippen molar-refractivity contribution in [1.82, 2.24) is 9.66 Å². The molecule has 3 nitrogen and oxygen atoms in total. The summed E-state index contributed by atoms with van der Waals surface area (Å²) in [5, 5.41) is 3.08. The van der Waals surface area contributed by atoms with Gasteiger partial charge in [0.05, 0.1) is 6.54 Å². The van der Waals surface area contributed by atoms with Crippen molar-refractivity contribution in [2.24, 2.45) is 0 Å². The van der Waals surface area contributed by atoms with E-state index in [1.165, 1.54) is 0 Å². The zero-order valence-corrected chi connectivity index (χ0v) is 7.29. The van der Waals surface area contributed by atoms with Crippen LogP contribution in [0.3, 0.4) is 0 Å². The van der Waals surface area contributed by atoms with E-state index in [9.17, 15) is 0 Å². The minimum atomic E-state index is 0.784. The van der Waals surface area contributed by atoms with Crippen molar-refractivity contribution in [3.63, 3.8) is 0 Å². The molecular formula is C8H9N3S. The van der Waals surface area contributed by atoms with E-state index in [4.69, 9.17) is 0 Å². The zero-order chi connectivity index (χ0) is 8.23. The molecule has 0 bridgehead atoms. The second-order valence-corrected chi connectivity index (χ2v) is 3.33. The summed E-state index contributed by atoms with van der Waals surface area (Å²) in [4.78, 5) is 4.16. The molecule has 4 heteroatoms. The van der Waals surface area contributed by atoms with Crippen LogP contribution in [0.2, 0.25) is 0 Å². The highest BCUT2D eigenvalue weighted by Gasteiger charge is 1.92. The first-order chi connectivity index (χ1) is 5.95. The van der Waals surface area contributed by atoms with E-state index >= 15 is 0 Å². The van der Waals surface area contributed by atoms with Crippen LogP contribution in [-0.4, -0.2) is 9.66 Å². The summed E-state index contributed by atoms with van der Waals surface area (Å²) in [5.74, 6) is 0. The predicted molar refractivity (Wildman–Crippen MR) is 49.6 cm³/mol. The van der Waals surface area contributed by atoms with E-state index in [1.54, 1.807) is 11.3 Å². The molecule has 0 aliphatic rings. The van der Waals surface area contributed by atoms with Gasteiger partial charge in [-0.15, -0.1) is 11.3 Å². The van der Waals surface area contributed by atoms with Gasteiger partial charge in [-0.05, 0) is 12.1 Å². The van der Waals surface area contributed by atoms with Crippen molar-refractivity contribution in [2.45, 2.75) is 6.54 Å². The van der Waals surface area contributed by atoms with E-state index in [0.29, 0.717) is 0 Å². The van der Waals surface area contributed by atoms with E-state index in [2.05, 4.69) is 10.4 Å². The van der Waals surface area contributed by atoms with Crippen molar-refractivity contribution < 1.29 is 0 Å². The number of hydrogen-bond acceptors (Lipinski definition) is 3. The molecule has 62 valence electrons. The molecule has 0 spiro atoms.